The van der Waals surface area contributed by atoms with Gasteiger partial charge >= 0.3 is 6.03 Å². The maximum Gasteiger partial charge on any atom is 0.325 e. The lowest BCUT2D eigenvalue weighted by Gasteiger charge is -2.31. The zero-order valence-corrected chi connectivity index (χ0v) is 16.8. The molecule has 1 saturated heterocycles. The zero-order chi connectivity index (χ0) is 19.9. The average molecular weight is 398 g/mol. The molecule has 2 aromatic rings. The smallest absolute Gasteiger partial charge is 0.325 e. The molecule has 2 heterocycles. The molecule has 1 aromatic carbocycles. The van der Waals surface area contributed by atoms with Crippen LogP contribution in [0.3, 0.4) is 0 Å². The van der Waals surface area contributed by atoms with Crippen LogP contribution >= 0.6 is 11.3 Å². The molecule has 0 unspecified atom stereocenters. The van der Waals surface area contributed by atoms with E-state index in [-0.39, 0.29) is 18.4 Å². The van der Waals surface area contributed by atoms with Crippen LogP contribution in [0.2, 0.25) is 0 Å². The third-order valence-corrected chi connectivity index (χ3v) is 6.71. The van der Waals surface area contributed by atoms with Crippen molar-refractivity contribution >= 4 is 29.2 Å². The fourth-order valence-electron chi connectivity index (χ4n) is 4.07. The van der Waals surface area contributed by atoms with Crippen LogP contribution in [0.1, 0.15) is 34.4 Å². The van der Waals surface area contributed by atoms with E-state index in [1.54, 1.807) is 23.3 Å². The molecular formula is C21H23N3O3S. The van der Waals surface area contributed by atoms with E-state index >= 15 is 0 Å². The Morgan fingerprint density at radius 3 is 2.86 bits per heavy atom. The van der Waals surface area contributed by atoms with Crippen molar-refractivity contribution in [2.75, 3.05) is 13.6 Å². The predicted octanol–water partition coefficient (Wildman–Crippen LogP) is 2.80. The molecule has 1 aromatic heterocycles. The minimum Gasteiger partial charge on any atom is -0.340 e. The standard InChI is InChI=1S/C21H23N3O3S/c1-14-6-3-4-7-15(14)12-23(2)18(25)13-24-19(26)21(22-20(24)27)10-5-8-17-16(21)9-11-28-17/h3-4,6-7,9,11H,5,8,10,12-13H2,1-2H3,(H,22,27)/t21-/m1/s1. The van der Waals surface area contributed by atoms with Gasteiger partial charge in [-0.25, -0.2) is 4.79 Å². The minimum absolute atomic E-state index is 0.242. The van der Waals surface area contributed by atoms with Gasteiger partial charge in [-0.2, -0.15) is 0 Å². The van der Waals surface area contributed by atoms with Crippen molar-refractivity contribution < 1.29 is 14.4 Å². The van der Waals surface area contributed by atoms with Crippen LogP contribution in [0.5, 0.6) is 0 Å². The van der Waals surface area contributed by atoms with Crippen molar-refractivity contribution in [1.29, 1.82) is 0 Å². The van der Waals surface area contributed by atoms with Gasteiger partial charge in [-0.1, -0.05) is 24.3 Å². The number of urea groups is 1. The number of carbonyl (C=O) groups is 3. The SMILES string of the molecule is Cc1ccccc1CN(C)C(=O)CN1C(=O)N[C@@]2(CCCc3sccc32)C1=O. The van der Waals surface area contributed by atoms with Crippen LogP contribution < -0.4 is 5.32 Å². The largest absolute Gasteiger partial charge is 0.340 e. The van der Waals surface area contributed by atoms with Crippen molar-refractivity contribution in [3.63, 3.8) is 0 Å². The molecule has 28 heavy (non-hydrogen) atoms. The Bertz CT molecular complexity index is 954. The Morgan fingerprint density at radius 2 is 2.07 bits per heavy atom. The van der Waals surface area contributed by atoms with Crippen molar-refractivity contribution in [2.45, 2.75) is 38.3 Å². The lowest BCUT2D eigenvalue weighted by atomic mass is 9.80. The summed E-state index contributed by atoms with van der Waals surface area (Å²) in [5.74, 6) is -0.570. The number of imide groups is 1. The average Bonchev–Trinajstić information content (AvgIpc) is 3.24. The normalized spacial score (nSPS) is 21.0. The van der Waals surface area contributed by atoms with Gasteiger partial charge in [0.25, 0.3) is 5.91 Å². The number of nitrogens with zero attached hydrogens (tertiary/aromatic N) is 2. The van der Waals surface area contributed by atoms with Gasteiger partial charge in [0.05, 0.1) is 0 Å². The summed E-state index contributed by atoms with van der Waals surface area (Å²) in [6, 6.07) is 9.30. The third-order valence-electron chi connectivity index (χ3n) is 5.72. The number of rotatable bonds is 4. The minimum atomic E-state index is -1.00. The Morgan fingerprint density at radius 1 is 1.29 bits per heavy atom. The summed E-state index contributed by atoms with van der Waals surface area (Å²) in [6.45, 7) is 2.19. The number of hydrogen-bond acceptors (Lipinski definition) is 4. The van der Waals surface area contributed by atoms with E-state index in [9.17, 15) is 14.4 Å². The first kappa shape index (κ1) is 18.7. The molecule has 7 heteroatoms. The summed E-state index contributed by atoms with van der Waals surface area (Å²) in [6.07, 6.45) is 2.34. The van der Waals surface area contributed by atoms with Crippen molar-refractivity contribution in [3.05, 3.63) is 57.3 Å². The van der Waals surface area contributed by atoms with E-state index in [2.05, 4.69) is 5.32 Å². The number of amides is 4. The second-order valence-electron chi connectivity index (χ2n) is 7.51. The Hall–Kier alpha value is -2.67. The fraction of sp³-hybridized carbons (Fsp3) is 0.381. The van der Waals surface area contributed by atoms with Crippen molar-refractivity contribution in [2.24, 2.45) is 0 Å². The highest BCUT2D eigenvalue weighted by Gasteiger charge is 2.54. The van der Waals surface area contributed by atoms with Gasteiger partial charge in [0.2, 0.25) is 5.91 Å². The zero-order valence-electron chi connectivity index (χ0n) is 16.0. The number of fused-ring (bicyclic) bond motifs is 2. The molecule has 2 aliphatic rings. The van der Waals surface area contributed by atoms with Crippen molar-refractivity contribution in [1.82, 2.24) is 15.1 Å². The van der Waals surface area contributed by atoms with Gasteiger partial charge in [0, 0.05) is 24.0 Å². The number of carbonyl (C=O) groups excluding carboxylic acids is 3. The van der Waals surface area contributed by atoms with Gasteiger partial charge in [-0.05, 0) is 48.8 Å². The van der Waals surface area contributed by atoms with Gasteiger partial charge in [0.1, 0.15) is 12.1 Å². The van der Waals surface area contributed by atoms with Gasteiger partial charge in [0.15, 0.2) is 0 Å². The van der Waals surface area contributed by atoms with Gasteiger partial charge in [-0.15, -0.1) is 11.3 Å². The van der Waals surface area contributed by atoms with E-state index in [4.69, 9.17) is 0 Å². The predicted molar refractivity (Wildman–Crippen MR) is 107 cm³/mol. The number of benzene rings is 1. The molecular weight excluding hydrogens is 374 g/mol. The molecule has 1 fully saturated rings. The third kappa shape index (κ3) is 2.99. The van der Waals surface area contributed by atoms with E-state index < -0.39 is 11.6 Å². The molecule has 1 atom stereocenters. The van der Waals surface area contributed by atoms with E-state index in [1.165, 1.54) is 0 Å². The first-order valence-electron chi connectivity index (χ1n) is 9.42. The van der Waals surface area contributed by atoms with Crippen molar-refractivity contribution in [3.8, 4) is 0 Å². The molecule has 1 spiro atoms. The van der Waals surface area contributed by atoms with Crippen LogP contribution in [0.4, 0.5) is 4.79 Å². The monoisotopic (exact) mass is 397 g/mol. The number of nitrogens with one attached hydrogen (secondary N) is 1. The number of likely N-dealkylation sites (N-methyl/N-ethyl adjacent to an activating group) is 1. The van der Waals surface area contributed by atoms with E-state index in [1.807, 2.05) is 42.6 Å². The summed E-state index contributed by atoms with van der Waals surface area (Å²) in [4.78, 5) is 42.3. The quantitative estimate of drug-likeness (QED) is 0.807. The van der Waals surface area contributed by atoms with Crippen LogP contribution in [0, 0.1) is 6.92 Å². The van der Waals surface area contributed by atoms with Crippen LogP contribution in [-0.4, -0.2) is 41.2 Å². The molecule has 0 radical (unpaired) electrons. The molecule has 1 aliphatic heterocycles. The number of hydrogen-bond donors (Lipinski definition) is 1. The fourth-order valence-corrected chi connectivity index (χ4v) is 5.07. The number of aryl methyl sites for hydroxylation is 2. The first-order valence-corrected chi connectivity index (χ1v) is 10.3. The second kappa shape index (κ2) is 7.05. The summed E-state index contributed by atoms with van der Waals surface area (Å²) in [5, 5.41) is 4.85. The first-order chi connectivity index (χ1) is 13.4. The molecule has 4 amide bonds. The van der Waals surface area contributed by atoms with Gasteiger partial charge in [-0.3, -0.25) is 14.5 Å². The van der Waals surface area contributed by atoms with Crippen LogP contribution in [0.25, 0.3) is 0 Å². The number of thiophene rings is 1. The lowest BCUT2D eigenvalue weighted by molar-refractivity contribution is -0.139. The van der Waals surface area contributed by atoms with Crippen LogP contribution in [0.15, 0.2) is 35.7 Å². The summed E-state index contributed by atoms with van der Waals surface area (Å²) < 4.78 is 0. The van der Waals surface area contributed by atoms with E-state index in [0.29, 0.717) is 13.0 Å². The molecule has 0 bridgehead atoms. The lowest BCUT2D eigenvalue weighted by Crippen LogP contribution is -2.46. The highest BCUT2D eigenvalue weighted by Crippen LogP contribution is 2.42. The molecule has 1 aliphatic carbocycles. The Balaban J connectivity index is 1.50. The second-order valence-corrected chi connectivity index (χ2v) is 8.51. The summed E-state index contributed by atoms with van der Waals surface area (Å²) in [5.41, 5.74) is 2.04. The highest BCUT2D eigenvalue weighted by atomic mass is 32.1. The molecule has 4 rings (SSSR count). The van der Waals surface area contributed by atoms with Crippen LogP contribution in [-0.2, 0) is 28.1 Å². The maximum absolute atomic E-state index is 13.2. The molecule has 1 N–H and O–H groups in total. The summed E-state index contributed by atoms with van der Waals surface area (Å²) >= 11 is 1.61. The van der Waals surface area contributed by atoms with Gasteiger partial charge < -0.3 is 10.2 Å². The topological polar surface area (TPSA) is 69.7 Å². The van der Waals surface area contributed by atoms with E-state index in [0.717, 1.165) is 39.3 Å². The molecule has 146 valence electrons. The Kier molecular flexibility index (Phi) is 4.71. The highest BCUT2D eigenvalue weighted by molar-refractivity contribution is 7.10. The maximum atomic E-state index is 13.2. The molecule has 6 nitrogen and oxygen atoms in total. The molecule has 0 saturated carbocycles. The Labute approximate surface area is 168 Å². The summed E-state index contributed by atoms with van der Waals surface area (Å²) in [7, 11) is 1.70.